The van der Waals surface area contributed by atoms with Gasteiger partial charge < -0.3 is 20.1 Å². The fourth-order valence-corrected chi connectivity index (χ4v) is 6.23. The Labute approximate surface area is 197 Å². The summed E-state index contributed by atoms with van der Waals surface area (Å²) in [6, 6.07) is 13.1. The molecule has 180 valence electrons. The molecule has 2 aromatic carbocycles. The number of amides is 2. The van der Waals surface area contributed by atoms with Gasteiger partial charge in [0.05, 0.1) is 17.0 Å². The highest BCUT2D eigenvalue weighted by molar-refractivity contribution is 7.91. The van der Waals surface area contributed by atoms with Crippen LogP contribution in [0.5, 0.6) is 11.5 Å². The molecule has 9 nitrogen and oxygen atoms in total. The van der Waals surface area contributed by atoms with Crippen molar-refractivity contribution >= 4 is 33.1 Å². The van der Waals surface area contributed by atoms with Gasteiger partial charge in [-0.3, -0.25) is 14.4 Å². The van der Waals surface area contributed by atoms with Gasteiger partial charge in [-0.2, -0.15) is 0 Å². The van der Waals surface area contributed by atoms with Crippen LogP contribution < -0.4 is 20.1 Å². The predicted molar refractivity (Wildman–Crippen MR) is 125 cm³/mol. The lowest BCUT2D eigenvalue weighted by molar-refractivity contribution is -0.127. The van der Waals surface area contributed by atoms with Crippen molar-refractivity contribution in [2.45, 2.75) is 25.3 Å². The van der Waals surface area contributed by atoms with E-state index in [1.165, 1.54) is 0 Å². The van der Waals surface area contributed by atoms with E-state index in [0.29, 0.717) is 36.0 Å². The minimum atomic E-state index is -3.24. The number of carbonyl (C=O) groups excluding carboxylic acids is 3. The molecular formula is C24H26N2O7S. The zero-order valence-corrected chi connectivity index (χ0v) is 19.5. The summed E-state index contributed by atoms with van der Waals surface area (Å²) in [6.07, 6.45) is -0.137. The first-order valence-electron chi connectivity index (χ1n) is 11.0. The van der Waals surface area contributed by atoms with Gasteiger partial charge >= 0.3 is 0 Å². The van der Waals surface area contributed by atoms with E-state index in [4.69, 9.17) is 9.47 Å². The van der Waals surface area contributed by atoms with Crippen molar-refractivity contribution in [3.8, 4) is 11.5 Å². The highest BCUT2D eigenvalue weighted by atomic mass is 32.2. The van der Waals surface area contributed by atoms with Gasteiger partial charge in [0.25, 0.3) is 0 Å². The fraction of sp³-hybridized carbons (Fsp3) is 0.375. The molecule has 1 fully saturated rings. The molecule has 2 aromatic rings. The number of nitrogens with one attached hydrogen (secondary N) is 2. The summed E-state index contributed by atoms with van der Waals surface area (Å²) in [5.74, 6) is -2.18. The van der Waals surface area contributed by atoms with E-state index in [2.05, 4.69) is 10.6 Å². The van der Waals surface area contributed by atoms with Crippen molar-refractivity contribution in [2.24, 2.45) is 5.92 Å². The lowest BCUT2D eigenvalue weighted by atomic mass is 9.92. The lowest BCUT2D eigenvalue weighted by Gasteiger charge is -2.25. The third-order valence-electron chi connectivity index (χ3n) is 5.84. The Balaban J connectivity index is 1.52. The molecule has 2 aliphatic heterocycles. The summed E-state index contributed by atoms with van der Waals surface area (Å²) in [5.41, 5.74) is -0.232. The topological polar surface area (TPSA) is 128 Å². The van der Waals surface area contributed by atoms with Crippen molar-refractivity contribution < 1.29 is 32.3 Å². The van der Waals surface area contributed by atoms with E-state index in [1.54, 1.807) is 55.5 Å². The van der Waals surface area contributed by atoms with Gasteiger partial charge in [0.15, 0.2) is 27.1 Å². The molecule has 1 saturated heterocycles. The van der Waals surface area contributed by atoms with E-state index < -0.39 is 45.3 Å². The molecule has 0 saturated carbocycles. The largest absolute Gasteiger partial charge is 0.486 e. The van der Waals surface area contributed by atoms with Crippen molar-refractivity contribution in [3.63, 3.8) is 0 Å². The highest BCUT2D eigenvalue weighted by Gasteiger charge is 2.40. The quantitative estimate of drug-likeness (QED) is 0.452. The van der Waals surface area contributed by atoms with E-state index in [-0.39, 0.29) is 17.9 Å². The summed E-state index contributed by atoms with van der Waals surface area (Å²) in [4.78, 5) is 39.2. The summed E-state index contributed by atoms with van der Waals surface area (Å²) in [5, 5.41) is 5.41. The summed E-state index contributed by atoms with van der Waals surface area (Å²) < 4.78 is 34.7. The normalized spacial score (nSPS) is 21.3. The Kier molecular flexibility index (Phi) is 6.60. The van der Waals surface area contributed by atoms with Crippen LogP contribution in [0.2, 0.25) is 0 Å². The molecule has 0 spiro atoms. The van der Waals surface area contributed by atoms with Crippen molar-refractivity contribution in [3.05, 3.63) is 54.1 Å². The van der Waals surface area contributed by atoms with Crippen LogP contribution in [0, 0.1) is 5.92 Å². The molecule has 2 N–H and O–H groups in total. The summed E-state index contributed by atoms with van der Waals surface area (Å²) in [7, 11) is -3.24. The van der Waals surface area contributed by atoms with Gasteiger partial charge in [-0.1, -0.05) is 30.3 Å². The van der Waals surface area contributed by atoms with Crippen molar-refractivity contribution in [1.29, 1.82) is 0 Å². The molecule has 0 radical (unpaired) electrons. The Hall–Kier alpha value is -3.40. The molecule has 2 aliphatic rings. The molecule has 34 heavy (non-hydrogen) atoms. The van der Waals surface area contributed by atoms with Gasteiger partial charge in [-0.25, -0.2) is 8.42 Å². The molecule has 2 amide bonds. The lowest BCUT2D eigenvalue weighted by Crippen LogP contribution is -2.48. The number of benzene rings is 2. The maximum atomic E-state index is 13.2. The maximum Gasteiger partial charge on any atom is 0.235 e. The number of Topliss-reactive ketones (excluding diaryl/α,β-unsaturated/α-hetero) is 1. The number of sulfone groups is 1. The smallest absolute Gasteiger partial charge is 0.235 e. The van der Waals surface area contributed by atoms with Gasteiger partial charge in [0.1, 0.15) is 19.1 Å². The first kappa shape index (κ1) is 23.7. The predicted octanol–water partition coefficient (Wildman–Crippen LogP) is 1.98. The van der Waals surface area contributed by atoms with E-state index >= 15 is 0 Å². The molecule has 2 atom stereocenters. The van der Waals surface area contributed by atoms with E-state index in [9.17, 15) is 22.8 Å². The molecule has 2 heterocycles. The Morgan fingerprint density at radius 2 is 1.74 bits per heavy atom. The highest BCUT2D eigenvalue weighted by Crippen LogP contribution is 2.33. The number of rotatable bonds is 7. The fourth-order valence-electron chi connectivity index (χ4n) is 4.14. The number of carbonyl (C=O) groups is 3. The molecule has 4 rings (SSSR count). The molecule has 0 aromatic heterocycles. The molecule has 10 heteroatoms. The van der Waals surface area contributed by atoms with Crippen LogP contribution in [-0.4, -0.2) is 56.3 Å². The average Bonchev–Trinajstić information content (AvgIpc) is 3.09. The zero-order valence-electron chi connectivity index (χ0n) is 18.7. The molecule has 0 bridgehead atoms. The second kappa shape index (κ2) is 9.46. The van der Waals surface area contributed by atoms with E-state index in [1.807, 2.05) is 0 Å². The molecule has 0 unspecified atom stereocenters. The molecular weight excluding hydrogens is 460 g/mol. The number of ketones is 1. The minimum Gasteiger partial charge on any atom is -0.486 e. The second-order valence-corrected chi connectivity index (χ2v) is 11.0. The second-order valence-electron chi connectivity index (χ2n) is 8.79. The van der Waals surface area contributed by atoms with Crippen LogP contribution in [-0.2, 0) is 19.4 Å². The number of ether oxygens (including phenoxy) is 2. The first-order chi connectivity index (χ1) is 16.1. The third-order valence-corrected chi connectivity index (χ3v) is 7.74. The van der Waals surface area contributed by atoms with Crippen LogP contribution in [0.25, 0.3) is 0 Å². The zero-order chi connectivity index (χ0) is 24.3. The van der Waals surface area contributed by atoms with Crippen LogP contribution in [0.3, 0.4) is 0 Å². The van der Waals surface area contributed by atoms with Gasteiger partial charge in [0, 0.05) is 23.7 Å². The standard InChI is InChI=1S/C24H26N2O7S/c1-24(9-12-34(30,31)15-24)26-21(27)14-18(22(28)16-5-3-2-4-6-16)23(29)25-17-7-8-19-20(13-17)33-11-10-32-19/h2-8,13,18H,9-12,14-15H2,1H3,(H,25,29)(H,26,27)/t18-,24+/m0/s1. The van der Waals surface area contributed by atoms with Crippen LogP contribution in [0.1, 0.15) is 30.1 Å². The number of hydrogen-bond donors (Lipinski definition) is 2. The first-order valence-corrected chi connectivity index (χ1v) is 12.8. The average molecular weight is 487 g/mol. The maximum absolute atomic E-state index is 13.2. The Bertz CT molecular complexity index is 1210. The van der Waals surface area contributed by atoms with E-state index in [0.717, 1.165) is 0 Å². The minimum absolute atomic E-state index is 0.0131. The third kappa shape index (κ3) is 5.56. The van der Waals surface area contributed by atoms with Crippen LogP contribution in [0.4, 0.5) is 5.69 Å². The Morgan fingerprint density at radius 1 is 1.03 bits per heavy atom. The van der Waals surface area contributed by atoms with Crippen molar-refractivity contribution in [1.82, 2.24) is 5.32 Å². The van der Waals surface area contributed by atoms with Gasteiger partial charge in [-0.15, -0.1) is 0 Å². The number of fused-ring (bicyclic) bond motifs is 1. The SMILES string of the molecule is C[C@@]1(NC(=O)C[C@H](C(=O)Nc2ccc3c(c2)OCCO3)C(=O)c2ccccc2)CCS(=O)(=O)C1. The summed E-state index contributed by atoms with van der Waals surface area (Å²) >= 11 is 0. The Morgan fingerprint density at radius 3 is 2.41 bits per heavy atom. The van der Waals surface area contributed by atoms with Crippen LogP contribution >= 0.6 is 0 Å². The van der Waals surface area contributed by atoms with Gasteiger partial charge in [0.2, 0.25) is 11.8 Å². The monoisotopic (exact) mass is 486 g/mol. The van der Waals surface area contributed by atoms with Crippen molar-refractivity contribution in [2.75, 3.05) is 30.0 Å². The van der Waals surface area contributed by atoms with Gasteiger partial charge in [-0.05, 0) is 25.5 Å². The number of hydrogen-bond acceptors (Lipinski definition) is 7. The number of anilines is 1. The molecule has 0 aliphatic carbocycles. The summed E-state index contributed by atoms with van der Waals surface area (Å²) in [6.45, 7) is 2.47. The van der Waals surface area contributed by atoms with Crippen LogP contribution in [0.15, 0.2) is 48.5 Å².